The number of likely N-dealkylation sites (tertiary alicyclic amines) is 1. The number of rotatable bonds is 4. The normalized spacial score (nSPS) is 35.6. The molecule has 0 aromatic carbocycles. The number of hydrogen-bond donors (Lipinski definition) is 1. The minimum Gasteiger partial charge on any atom is -0.376 e. The molecule has 0 bridgehead atoms. The van der Waals surface area contributed by atoms with E-state index in [1.165, 1.54) is 23.6 Å². The summed E-state index contributed by atoms with van der Waals surface area (Å²) in [5.74, 6) is -1.01. The smallest absolute Gasteiger partial charge is 0.247 e. The Balaban J connectivity index is 1.50. The highest BCUT2D eigenvalue weighted by molar-refractivity contribution is 7.93. The van der Waals surface area contributed by atoms with Gasteiger partial charge in [0, 0.05) is 19.7 Å². The molecule has 0 aromatic rings. The lowest BCUT2D eigenvalue weighted by atomic mass is 9.96. The molecule has 4 unspecified atom stereocenters. The number of nitrogens with one attached hydrogen (secondary N) is 1. The molecule has 4 rings (SSSR count). The predicted octanol–water partition coefficient (Wildman–Crippen LogP) is -0.593. The van der Waals surface area contributed by atoms with E-state index in [1.807, 2.05) is 0 Å². The number of nitrogens with zero attached hydrogens (tertiary/aromatic N) is 2. The zero-order valence-electron chi connectivity index (χ0n) is 16.2. The molecule has 4 aliphatic rings. The molecule has 9 nitrogen and oxygen atoms in total. The maximum absolute atomic E-state index is 13.3. The van der Waals surface area contributed by atoms with E-state index in [9.17, 15) is 22.8 Å². The van der Waals surface area contributed by atoms with Crippen LogP contribution in [0.2, 0.25) is 0 Å². The largest absolute Gasteiger partial charge is 0.376 e. The molecule has 4 heterocycles. The number of carbonyl (C=O) groups is 3. The number of fused-ring (bicyclic) bond motifs is 1. The molecular weight excluding hydrogens is 386 g/mol. The van der Waals surface area contributed by atoms with Crippen LogP contribution in [0.1, 0.15) is 46.0 Å². The van der Waals surface area contributed by atoms with Crippen LogP contribution in [0, 0.1) is 0 Å². The number of ether oxygens (including phenoxy) is 1. The summed E-state index contributed by atoms with van der Waals surface area (Å²) < 4.78 is 29.7. The van der Waals surface area contributed by atoms with Crippen LogP contribution in [0.3, 0.4) is 0 Å². The molecule has 4 saturated heterocycles. The number of hydrogen-bond acceptors (Lipinski definition) is 6. The minimum absolute atomic E-state index is 0.00730. The Morgan fingerprint density at radius 2 is 2.00 bits per heavy atom. The van der Waals surface area contributed by atoms with Crippen LogP contribution >= 0.6 is 0 Å². The number of amides is 3. The van der Waals surface area contributed by atoms with Gasteiger partial charge in [0.05, 0.1) is 17.3 Å². The third kappa shape index (κ3) is 2.75. The van der Waals surface area contributed by atoms with Crippen molar-refractivity contribution in [3.8, 4) is 0 Å². The van der Waals surface area contributed by atoms with Crippen LogP contribution in [-0.4, -0.2) is 83.9 Å². The summed E-state index contributed by atoms with van der Waals surface area (Å²) in [4.78, 5) is 40.8. The summed E-state index contributed by atoms with van der Waals surface area (Å²) in [6.45, 7) is 4.49. The number of β-lactam (4-membered cyclic amide) rings is 1. The van der Waals surface area contributed by atoms with E-state index < -0.39 is 37.9 Å². The average molecular weight is 413 g/mol. The molecule has 4 atom stereocenters. The second-order valence-electron chi connectivity index (χ2n) is 8.58. The first kappa shape index (κ1) is 19.6. The van der Waals surface area contributed by atoms with Crippen LogP contribution in [0.15, 0.2) is 0 Å². The van der Waals surface area contributed by atoms with Crippen molar-refractivity contribution in [2.45, 2.75) is 74.3 Å². The summed E-state index contributed by atoms with van der Waals surface area (Å²) >= 11 is 0. The maximum Gasteiger partial charge on any atom is 0.247 e. The summed E-state index contributed by atoms with van der Waals surface area (Å²) in [5, 5.41) is 1.95. The van der Waals surface area contributed by atoms with Gasteiger partial charge in [0.1, 0.15) is 17.5 Å². The molecule has 28 heavy (non-hydrogen) atoms. The lowest BCUT2D eigenvalue weighted by molar-refractivity contribution is -0.155. The van der Waals surface area contributed by atoms with E-state index in [0.717, 1.165) is 12.8 Å². The topological polar surface area (TPSA) is 113 Å². The average Bonchev–Trinajstić information content (AvgIpc) is 3.33. The highest BCUT2D eigenvalue weighted by atomic mass is 32.2. The van der Waals surface area contributed by atoms with Crippen LogP contribution < -0.4 is 5.32 Å². The van der Waals surface area contributed by atoms with E-state index in [2.05, 4.69) is 5.32 Å². The fourth-order valence-electron chi connectivity index (χ4n) is 4.83. The van der Waals surface area contributed by atoms with Crippen LogP contribution in [-0.2, 0) is 29.0 Å². The molecule has 4 aliphatic heterocycles. The van der Waals surface area contributed by atoms with Gasteiger partial charge in [-0.2, -0.15) is 0 Å². The highest BCUT2D eigenvalue weighted by Crippen LogP contribution is 2.46. The highest BCUT2D eigenvalue weighted by Gasteiger charge is 2.68. The molecule has 3 amide bonds. The van der Waals surface area contributed by atoms with Gasteiger partial charge in [-0.3, -0.25) is 14.4 Å². The predicted molar refractivity (Wildman–Crippen MR) is 98.8 cm³/mol. The Labute approximate surface area is 164 Å². The first-order chi connectivity index (χ1) is 13.2. The van der Waals surface area contributed by atoms with Gasteiger partial charge in [-0.05, 0) is 39.5 Å². The Bertz CT molecular complexity index is 804. The van der Waals surface area contributed by atoms with Crippen molar-refractivity contribution < 1.29 is 27.5 Å². The molecule has 1 N–H and O–H groups in total. The quantitative estimate of drug-likeness (QED) is 0.616. The summed E-state index contributed by atoms with van der Waals surface area (Å²) in [7, 11) is -3.64. The van der Waals surface area contributed by atoms with Crippen molar-refractivity contribution in [1.82, 2.24) is 15.1 Å². The minimum atomic E-state index is -3.64. The van der Waals surface area contributed by atoms with Gasteiger partial charge < -0.3 is 19.9 Å². The van der Waals surface area contributed by atoms with E-state index in [1.54, 1.807) is 0 Å². The van der Waals surface area contributed by atoms with Crippen LogP contribution in [0.25, 0.3) is 0 Å². The Kier molecular flexibility index (Phi) is 4.69. The molecule has 0 radical (unpaired) electrons. The van der Waals surface area contributed by atoms with Gasteiger partial charge in [0.25, 0.3) is 0 Å². The van der Waals surface area contributed by atoms with Crippen LogP contribution in [0.5, 0.6) is 0 Å². The molecule has 0 aromatic heterocycles. The fraction of sp³-hybridized carbons (Fsp3) is 0.833. The molecule has 0 aliphatic carbocycles. The van der Waals surface area contributed by atoms with Crippen molar-refractivity contribution in [3.63, 3.8) is 0 Å². The first-order valence-electron chi connectivity index (χ1n) is 9.90. The second-order valence-corrected chi connectivity index (χ2v) is 11.3. The van der Waals surface area contributed by atoms with Crippen molar-refractivity contribution in [3.05, 3.63) is 0 Å². The van der Waals surface area contributed by atoms with E-state index >= 15 is 0 Å². The van der Waals surface area contributed by atoms with Gasteiger partial charge in [-0.15, -0.1) is 0 Å². The Hall–Kier alpha value is -1.68. The second kappa shape index (κ2) is 6.69. The monoisotopic (exact) mass is 413 g/mol. The first-order valence-corrected chi connectivity index (χ1v) is 11.5. The fourth-order valence-corrected chi connectivity index (χ4v) is 6.95. The number of sulfone groups is 1. The summed E-state index contributed by atoms with van der Waals surface area (Å²) in [6.07, 6.45) is 3.01. The van der Waals surface area contributed by atoms with Gasteiger partial charge in [0.15, 0.2) is 9.84 Å². The Morgan fingerprint density at radius 3 is 2.64 bits per heavy atom. The van der Waals surface area contributed by atoms with Crippen molar-refractivity contribution in [1.29, 1.82) is 0 Å². The summed E-state index contributed by atoms with van der Waals surface area (Å²) in [6, 6.07) is -1.71. The molecule has 4 fully saturated rings. The summed E-state index contributed by atoms with van der Waals surface area (Å²) in [5.41, 5.74) is 0. The Morgan fingerprint density at radius 1 is 1.25 bits per heavy atom. The van der Waals surface area contributed by atoms with Gasteiger partial charge in [0.2, 0.25) is 17.7 Å². The lowest BCUT2D eigenvalue weighted by Crippen LogP contribution is -2.61. The molecule has 156 valence electrons. The zero-order valence-corrected chi connectivity index (χ0v) is 17.0. The van der Waals surface area contributed by atoms with Crippen molar-refractivity contribution in [2.24, 2.45) is 0 Å². The van der Waals surface area contributed by atoms with E-state index in [-0.39, 0.29) is 24.3 Å². The molecular formula is C18H27N3O6S. The number of carbonyl (C=O) groups excluding carboxylic acids is 3. The van der Waals surface area contributed by atoms with Crippen molar-refractivity contribution >= 4 is 27.6 Å². The van der Waals surface area contributed by atoms with E-state index in [0.29, 0.717) is 32.5 Å². The van der Waals surface area contributed by atoms with Crippen LogP contribution in [0.4, 0.5) is 0 Å². The molecule has 0 saturated carbocycles. The molecule has 0 spiro atoms. The molecule has 10 heteroatoms. The van der Waals surface area contributed by atoms with Gasteiger partial charge in [-0.25, -0.2) is 8.42 Å². The van der Waals surface area contributed by atoms with Gasteiger partial charge in [-0.1, -0.05) is 0 Å². The van der Waals surface area contributed by atoms with Crippen molar-refractivity contribution in [2.75, 3.05) is 19.7 Å². The standard InChI is InChI=1S/C18H27N3O6S/c1-18(2)15(21-13(22)9-14(21)28(18,25)26)17(24)20-7-3-6-12(20)16(23)19-10-11-5-4-8-27-11/h11-12,14-15H,3-10H2,1-2H3,(H,19,23). The SMILES string of the molecule is CC1(C)C(C(=O)N2CCCC2C(=O)NCC2CCCO2)N2C(=O)CC2S1(=O)=O. The maximum atomic E-state index is 13.3. The van der Waals surface area contributed by atoms with E-state index in [4.69, 9.17) is 4.74 Å². The lowest BCUT2D eigenvalue weighted by Gasteiger charge is -2.39. The van der Waals surface area contributed by atoms with Gasteiger partial charge >= 0.3 is 0 Å². The third-order valence-electron chi connectivity index (χ3n) is 6.58. The zero-order chi connectivity index (χ0) is 20.3. The third-order valence-corrected chi connectivity index (χ3v) is 9.38.